The van der Waals surface area contributed by atoms with E-state index in [1.807, 2.05) is 26.0 Å². The van der Waals surface area contributed by atoms with Crippen LogP contribution in [0.3, 0.4) is 0 Å². The summed E-state index contributed by atoms with van der Waals surface area (Å²) in [7, 11) is 0. The molecular weight excluding hydrogens is 330 g/mol. The van der Waals surface area contributed by atoms with Crippen molar-refractivity contribution in [2.75, 3.05) is 18.5 Å². The number of carbonyl (C=O) groups excluding carboxylic acids is 2. The van der Waals surface area contributed by atoms with Gasteiger partial charge in [0.15, 0.2) is 0 Å². The first-order chi connectivity index (χ1) is 10.9. The van der Waals surface area contributed by atoms with Gasteiger partial charge in [-0.3, -0.25) is 9.59 Å². The smallest absolute Gasteiger partial charge is 0.244 e. The number of hydrogen-bond acceptors (Lipinski definition) is 4. The summed E-state index contributed by atoms with van der Waals surface area (Å²) in [6.45, 7) is 4.87. The van der Waals surface area contributed by atoms with Crippen molar-refractivity contribution in [1.29, 1.82) is 0 Å². The molecule has 2 rings (SSSR count). The number of nitrogens with two attached hydrogens (primary N) is 1. The lowest BCUT2D eigenvalue weighted by atomic mass is 9.90. The number of nitrogens with one attached hydrogen (secondary N) is 2. The average Bonchev–Trinajstić information content (AvgIpc) is 2.49. The van der Waals surface area contributed by atoms with Crippen molar-refractivity contribution in [3.05, 3.63) is 29.8 Å². The molecule has 24 heavy (non-hydrogen) atoms. The fourth-order valence-electron chi connectivity index (χ4n) is 2.48. The van der Waals surface area contributed by atoms with Crippen LogP contribution >= 0.6 is 12.4 Å². The van der Waals surface area contributed by atoms with E-state index in [1.54, 1.807) is 12.1 Å². The van der Waals surface area contributed by atoms with E-state index in [4.69, 9.17) is 10.5 Å². The zero-order valence-corrected chi connectivity index (χ0v) is 14.9. The molecule has 0 bridgehead atoms. The number of carbonyl (C=O) groups is 2. The SMILES string of the molecule is CC(C)NC(=O)Cc1ccc(NC(=O)C2(N)CCOCC2)cc1.Cl. The zero-order chi connectivity index (χ0) is 16.9. The largest absolute Gasteiger partial charge is 0.381 e. The molecule has 1 aromatic carbocycles. The van der Waals surface area contributed by atoms with Gasteiger partial charge >= 0.3 is 0 Å². The van der Waals surface area contributed by atoms with Crippen molar-refractivity contribution >= 4 is 29.9 Å². The maximum atomic E-state index is 12.3. The van der Waals surface area contributed by atoms with E-state index in [-0.39, 0.29) is 30.3 Å². The number of ether oxygens (including phenoxy) is 1. The minimum absolute atomic E-state index is 0. The summed E-state index contributed by atoms with van der Waals surface area (Å²) >= 11 is 0. The highest BCUT2D eigenvalue weighted by Gasteiger charge is 2.35. The molecule has 2 amide bonds. The van der Waals surface area contributed by atoms with Crippen LogP contribution in [0.2, 0.25) is 0 Å². The molecule has 1 saturated heterocycles. The molecule has 0 aliphatic carbocycles. The Morgan fingerprint density at radius 3 is 2.33 bits per heavy atom. The van der Waals surface area contributed by atoms with Crippen LogP contribution in [0.1, 0.15) is 32.3 Å². The molecule has 0 radical (unpaired) electrons. The summed E-state index contributed by atoms with van der Waals surface area (Å²) in [6.07, 6.45) is 1.36. The second-order valence-electron chi connectivity index (χ2n) is 6.32. The van der Waals surface area contributed by atoms with Gasteiger partial charge in [0, 0.05) is 24.9 Å². The molecule has 6 nitrogen and oxygen atoms in total. The number of anilines is 1. The third-order valence-electron chi connectivity index (χ3n) is 3.86. The Morgan fingerprint density at radius 1 is 1.21 bits per heavy atom. The summed E-state index contributed by atoms with van der Waals surface area (Å²) in [5.74, 6) is -0.203. The summed E-state index contributed by atoms with van der Waals surface area (Å²) in [5, 5.41) is 5.69. The van der Waals surface area contributed by atoms with Gasteiger partial charge < -0.3 is 21.1 Å². The summed E-state index contributed by atoms with van der Waals surface area (Å²) in [5.41, 5.74) is 6.86. The molecule has 1 aliphatic heterocycles. The molecule has 1 fully saturated rings. The molecule has 7 heteroatoms. The second-order valence-corrected chi connectivity index (χ2v) is 6.32. The van der Waals surface area contributed by atoms with Gasteiger partial charge in [-0.1, -0.05) is 12.1 Å². The van der Waals surface area contributed by atoms with Crippen LogP contribution in [0, 0.1) is 0 Å². The van der Waals surface area contributed by atoms with Crippen LogP contribution in [-0.4, -0.2) is 36.6 Å². The van der Waals surface area contributed by atoms with E-state index in [0.717, 1.165) is 5.56 Å². The quantitative estimate of drug-likeness (QED) is 0.748. The van der Waals surface area contributed by atoms with Crippen LogP contribution in [0.5, 0.6) is 0 Å². The standard InChI is InChI=1S/C17H25N3O3.ClH/c1-12(2)19-15(21)11-13-3-5-14(6-4-13)20-16(22)17(18)7-9-23-10-8-17;/h3-6,12H,7-11,18H2,1-2H3,(H,19,21)(H,20,22);1H. The van der Waals surface area contributed by atoms with Crippen LogP contribution < -0.4 is 16.4 Å². The lowest BCUT2D eigenvalue weighted by Gasteiger charge is -2.31. The van der Waals surface area contributed by atoms with E-state index < -0.39 is 5.54 Å². The van der Waals surface area contributed by atoms with E-state index in [9.17, 15) is 9.59 Å². The first kappa shape index (κ1) is 20.4. The van der Waals surface area contributed by atoms with Crippen LogP contribution in [0.25, 0.3) is 0 Å². The highest BCUT2D eigenvalue weighted by Crippen LogP contribution is 2.20. The zero-order valence-electron chi connectivity index (χ0n) is 14.1. The minimum atomic E-state index is -0.867. The Bertz CT molecular complexity index is 555. The highest BCUT2D eigenvalue weighted by atomic mass is 35.5. The molecule has 134 valence electrons. The van der Waals surface area contributed by atoms with Crippen LogP contribution in [0.4, 0.5) is 5.69 Å². The normalized spacial score (nSPS) is 16.2. The molecule has 0 saturated carbocycles. The number of rotatable bonds is 5. The van der Waals surface area contributed by atoms with Crippen molar-refractivity contribution in [3.63, 3.8) is 0 Å². The van der Waals surface area contributed by atoms with Crippen molar-refractivity contribution in [3.8, 4) is 0 Å². The minimum Gasteiger partial charge on any atom is -0.381 e. The Labute approximate surface area is 148 Å². The van der Waals surface area contributed by atoms with Crippen LogP contribution in [0.15, 0.2) is 24.3 Å². The van der Waals surface area contributed by atoms with Crippen molar-refractivity contribution < 1.29 is 14.3 Å². The van der Waals surface area contributed by atoms with Crippen molar-refractivity contribution in [2.24, 2.45) is 5.73 Å². The molecule has 0 spiro atoms. The monoisotopic (exact) mass is 355 g/mol. The first-order valence-corrected chi connectivity index (χ1v) is 7.95. The van der Waals surface area contributed by atoms with Gasteiger partial charge in [0.1, 0.15) is 5.54 Å². The Kier molecular flexibility index (Phi) is 7.66. The number of hydrogen-bond donors (Lipinski definition) is 3. The summed E-state index contributed by atoms with van der Waals surface area (Å²) < 4.78 is 5.25. The number of halogens is 1. The molecular formula is C17H26ClN3O3. The topological polar surface area (TPSA) is 93.5 Å². The van der Waals surface area contributed by atoms with Crippen molar-refractivity contribution in [2.45, 2.75) is 44.7 Å². The second kappa shape index (κ2) is 9.01. The maximum Gasteiger partial charge on any atom is 0.244 e. The predicted octanol–water partition coefficient (Wildman–Crippen LogP) is 1.62. The Morgan fingerprint density at radius 2 is 1.79 bits per heavy atom. The molecule has 1 aliphatic rings. The molecule has 1 heterocycles. The van der Waals surface area contributed by atoms with Gasteiger partial charge in [0.05, 0.1) is 6.42 Å². The molecule has 0 atom stereocenters. The number of amides is 2. The van der Waals surface area contributed by atoms with Gasteiger partial charge in [-0.15, -0.1) is 12.4 Å². The lowest BCUT2D eigenvalue weighted by molar-refractivity contribution is -0.124. The highest BCUT2D eigenvalue weighted by molar-refractivity contribution is 5.98. The van der Waals surface area contributed by atoms with Gasteiger partial charge in [-0.05, 0) is 44.4 Å². The molecule has 0 aromatic heterocycles. The lowest BCUT2D eigenvalue weighted by Crippen LogP contribution is -2.54. The third-order valence-corrected chi connectivity index (χ3v) is 3.86. The van der Waals surface area contributed by atoms with Gasteiger partial charge in [0.25, 0.3) is 0 Å². The third kappa shape index (κ3) is 5.78. The first-order valence-electron chi connectivity index (χ1n) is 7.95. The Balaban J connectivity index is 0.00000288. The van der Waals surface area contributed by atoms with E-state index in [0.29, 0.717) is 38.2 Å². The van der Waals surface area contributed by atoms with E-state index >= 15 is 0 Å². The Hall–Kier alpha value is -1.63. The van der Waals surface area contributed by atoms with E-state index in [1.165, 1.54) is 0 Å². The molecule has 4 N–H and O–H groups in total. The van der Waals surface area contributed by atoms with Crippen LogP contribution in [-0.2, 0) is 20.7 Å². The van der Waals surface area contributed by atoms with E-state index in [2.05, 4.69) is 10.6 Å². The maximum absolute atomic E-state index is 12.3. The average molecular weight is 356 g/mol. The molecule has 1 aromatic rings. The molecule has 0 unspecified atom stereocenters. The van der Waals surface area contributed by atoms with Gasteiger partial charge in [0.2, 0.25) is 11.8 Å². The fourth-order valence-corrected chi connectivity index (χ4v) is 2.48. The fraction of sp³-hybridized carbons (Fsp3) is 0.529. The number of benzene rings is 1. The summed E-state index contributed by atoms with van der Waals surface area (Å²) in [4.78, 5) is 24.0. The predicted molar refractivity (Wildman–Crippen MR) is 96.3 cm³/mol. The van der Waals surface area contributed by atoms with Gasteiger partial charge in [-0.25, -0.2) is 0 Å². The summed E-state index contributed by atoms with van der Waals surface area (Å²) in [6, 6.07) is 7.38. The van der Waals surface area contributed by atoms with Gasteiger partial charge in [-0.2, -0.15) is 0 Å². The van der Waals surface area contributed by atoms with Crippen molar-refractivity contribution in [1.82, 2.24) is 5.32 Å².